The first-order chi connectivity index (χ1) is 23.4. The monoisotopic (exact) mass is 680 g/mol. The fourth-order valence-corrected chi connectivity index (χ4v) is 6.44. The molecule has 6 aromatic rings. The molecule has 5 aromatic heterocycles. The number of anilines is 2. The lowest BCUT2D eigenvalue weighted by Crippen LogP contribution is -2.29. The number of hydrogen-bond acceptors (Lipinski definition) is 9. The van der Waals surface area contributed by atoms with Crippen molar-refractivity contribution in [2.75, 3.05) is 24.4 Å². The standard InChI is InChI=1S/C34H40N10O4Si/c1-21-12-13-43-28(21)33(45)44(24-10-8-7-9-11-24)30(41-43)22(2)39-29-27-25(23-16-26(40-34(35)46)32(47-3)36-17-23)18-42(31(27)38-19-37-29)20-48-14-15-49(4,5)6/h7-13,16-19,22H,14-15,20H2,1-6H3,(H3,35,40,46)(H,37,38,39). The predicted octanol–water partition coefficient (Wildman–Crippen LogP) is 5.58. The van der Waals surface area contributed by atoms with Crippen LogP contribution in [0.1, 0.15) is 24.4 Å². The van der Waals surface area contributed by atoms with Crippen LogP contribution in [0.15, 0.2) is 72.2 Å². The van der Waals surface area contributed by atoms with Crippen molar-refractivity contribution in [3.8, 4) is 22.7 Å². The van der Waals surface area contributed by atoms with Crippen LogP contribution in [0, 0.1) is 6.92 Å². The van der Waals surface area contributed by atoms with Gasteiger partial charge in [-0.25, -0.2) is 24.3 Å². The number of carbonyl (C=O) groups excluding carboxylic acids is 1. The number of benzene rings is 1. The van der Waals surface area contributed by atoms with Gasteiger partial charge in [0.25, 0.3) is 5.56 Å². The molecule has 0 aliphatic rings. The maximum absolute atomic E-state index is 14.0. The van der Waals surface area contributed by atoms with Gasteiger partial charge < -0.3 is 30.4 Å². The van der Waals surface area contributed by atoms with E-state index in [0.29, 0.717) is 51.7 Å². The second-order valence-corrected chi connectivity index (χ2v) is 18.7. The van der Waals surface area contributed by atoms with Gasteiger partial charge in [0.1, 0.15) is 35.7 Å². The molecule has 14 nitrogen and oxygen atoms in total. The number of para-hydroxylation sites is 1. The first-order valence-electron chi connectivity index (χ1n) is 15.9. The molecule has 0 bridgehead atoms. The van der Waals surface area contributed by atoms with Gasteiger partial charge in [-0.1, -0.05) is 37.8 Å². The van der Waals surface area contributed by atoms with E-state index >= 15 is 0 Å². The molecular weight excluding hydrogens is 641 g/mol. The fourth-order valence-electron chi connectivity index (χ4n) is 5.68. The molecule has 1 unspecified atom stereocenters. The van der Waals surface area contributed by atoms with Crippen LogP contribution < -0.4 is 26.7 Å². The number of aromatic nitrogens is 7. The minimum absolute atomic E-state index is 0.179. The SMILES string of the molecule is COc1ncc(-c2cn(COCC[Si](C)(C)C)c3ncnc(NC(C)c4nn5ccc(C)c5c(=O)n4-c4ccccc4)c23)cc1NC(N)=O. The third-order valence-electron chi connectivity index (χ3n) is 8.16. The molecule has 1 aromatic carbocycles. The zero-order chi connectivity index (χ0) is 34.9. The summed E-state index contributed by atoms with van der Waals surface area (Å²) in [5, 5.41) is 11.7. The number of primary amides is 1. The predicted molar refractivity (Wildman–Crippen MR) is 192 cm³/mol. The number of amides is 2. The van der Waals surface area contributed by atoms with Gasteiger partial charge in [0.15, 0.2) is 5.82 Å². The summed E-state index contributed by atoms with van der Waals surface area (Å²) in [5.74, 6) is 1.21. The Kier molecular flexibility index (Phi) is 9.21. The molecule has 0 aliphatic heterocycles. The highest BCUT2D eigenvalue weighted by atomic mass is 28.3. The van der Waals surface area contributed by atoms with Gasteiger partial charge >= 0.3 is 6.03 Å². The van der Waals surface area contributed by atoms with Crippen molar-refractivity contribution >= 4 is 42.2 Å². The van der Waals surface area contributed by atoms with Crippen LogP contribution >= 0.6 is 0 Å². The van der Waals surface area contributed by atoms with Gasteiger partial charge in [-0.15, -0.1) is 0 Å². The molecule has 0 spiro atoms. The van der Waals surface area contributed by atoms with Crippen molar-refractivity contribution in [3.63, 3.8) is 0 Å². The first kappa shape index (κ1) is 33.4. The number of nitrogens with two attached hydrogens (primary N) is 1. The van der Waals surface area contributed by atoms with Crippen LogP contribution in [0.4, 0.5) is 16.3 Å². The van der Waals surface area contributed by atoms with E-state index in [1.54, 1.807) is 27.5 Å². The molecule has 15 heteroatoms. The van der Waals surface area contributed by atoms with Crippen molar-refractivity contribution in [3.05, 3.63) is 89.1 Å². The normalized spacial score (nSPS) is 12.4. The van der Waals surface area contributed by atoms with Gasteiger partial charge in [-0.3, -0.25) is 9.36 Å². The summed E-state index contributed by atoms with van der Waals surface area (Å²) in [6.07, 6.45) is 6.85. The number of fused-ring (bicyclic) bond motifs is 2. The quantitative estimate of drug-likeness (QED) is 0.110. The lowest BCUT2D eigenvalue weighted by Gasteiger charge is -2.20. The number of nitrogens with zero attached hydrogens (tertiary/aromatic N) is 7. The molecule has 6 rings (SSSR count). The van der Waals surface area contributed by atoms with E-state index in [1.807, 2.05) is 61.0 Å². The molecule has 0 fully saturated rings. The van der Waals surface area contributed by atoms with E-state index in [2.05, 4.69) is 45.2 Å². The summed E-state index contributed by atoms with van der Waals surface area (Å²) in [7, 11) is 0.162. The third kappa shape index (κ3) is 6.89. The van der Waals surface area contributed by atoms with E-state index in [1.165, 1.54) is 13.4 Å². The Morgan fingerprint density at radius 2 is 1.88 bits per heavy atom. The van der Waals surface area contributed by atoms with Crippen LogP contribution in [0.5, 0.6) is 5.88 Å². The molecule has 254 valence electrons. The van der Waals surface area contributed by atoms with Gasteiger partial charge in [0.2, 0.25) is 5.88 Å². The Labute approximate surface area is 283 Å². The Morgan fingerprint density at radius 1 is 1.10 bits per heavy atom. The molecule has 4 N–H and O–H groups in total. The second-order valence-electron chi connectivity index (χ2n) is 13.0. The number of aryl methyl sites for hydroxylation is 1. The number of methoxy groups -OCH3 is 1. The van der Waals surface area contributed by atoms with Crippen LogP contribution in [0.25, 0.3) is 33.4 Å². The lowest BCUT2D eigenvalue weighted by molar-refractivity contribution is 0.0899. The second kappa shape index (κ2) is 13.5. The zero-order valence-electron chi connectivity index (χ0n) is 28.4. The molecule has 2 amide bonds. The maximum Gasteiger partial charge on any atom is 0.316 e. The van der Waals surface area contributed by atoms with Gasteiger partial charge in [0, 0.05) is 44.4 Å². The first-order valence-corrected chi connectivity index (χ1v) is 19.6. The average molecular weight is 681 g/mol. The summed E-state index contributed by atoms with van der Waals surface area (Å²) in [6, 6.07) is 12.8. The van der Waals surface area contributed by atoms with Crippen molar-refractivity contribution in [2.45, 2.75) is 52.3 Å². The van der Waals surface area contributed by atoms with E-state index in [0.717, 1.165) is 17.2 Å². The Bertz CT molecular complexity index is 2200. The number of ether oxygens (including phenoxy) is 2. The number of pyridine rings is 1. The highest BCUT2D eigenvalue weighted by Gasteiger charge is 2.24. The van der Waals surface area contributed by atoms with Crippen molar-refractivity contribution in [1.29, 1.82) is 0 Å². The van der Waals surface area contributed by atoms with E-state index in [9.17, 15) is 9.59 Å². The van der Waals surface area contributed by atoms with Crippen LogP contribution in [-0.2, 0) is 11.5 Å². The molecule has 0 saturated carbocycles. The number of hydrogen-bond donors (Lipinski definition) is 3. The van der Waals surface area contributed by atoms with Crippen LogP contribution in [0.2, 0.25) is 25.7 Å². The topological polar surface area (TPSA) is 169 Å². The summed E-state index contributed by atoms with van der Waals surface area (Å²) < 4.78 is 16.7. The number of urea groups is 1. The van der Waals surface area contributed by atoms with Crippen molar-refractivity contribution < 1.29 is 14.3 Å². The summed E-state index contributed by atoms with van der Waals surface area (Å²) in [4.78, 5) is 39.5. The summed E-state index contributed by atoms with van der Waals surface area (Å²) in [5.41, 5.74) is 9.63. The Balaban J connectivity index is 1.47. The number of rotatable bonds is 12. The smallest absolute Gasteiger partial charge is 0.316 e. The molecule has 0 radical (unpaired) electrons. The highest BCUT2D eigenvalue weighted by molar-refractivity contribution is 6.76. The molecule has 49 heavy (non-hydrogen) atoms. The van der Waals surface area contributed by atoms with Gasteiger partial charge in [0.05, 0.1) is 24.2 Å². The molecular formula is C34H40N10O4Si. The van der Waals surface area contributed by atoms with E-state index < -0.39 is 20.1 Å². The largest absolute Gasteiger partial charge is 0.480 e. The molecule has 0 saturated heterocycles. The Hall–Kier alpha value is -5.54. The summed E-state index contributed by atoms with van der Waals surface area (Å²) in [6.45, 7) is 11.6. The minimum atomic E-state index is -1.30. The van der Waals surface area contributed by atoms with Crippen LogP contribution in [0.3, 0.4) is 0 Å². The van der Waals surface area contributed by atoms with Crippen LogP contribution in [-0.4, -0.2) is 61.5 Å². The summed E-state index contributed by atoms with van der Waals surface area (Å²) >= 11 is 0. The minimum Gasteiger partial charge on any atom is -0.480 e. The van der Waals surface area contributed by atoms with E-state index in [-0.39, 0.29) is 18.2 Å². The van der Waals surface area contributed by atoms with Gasteiger partial charge in [-0.05, 0) is 49.7 Å². The third-order valence-corrected chi connectivity index (χ3v) is 9.87. The number of nitrogens with one attached hydrogen (secondary N) is 2. The molecule has 5 heterocycles. The number of carbonyl (C=O) groups is 1. The Morgan fingerprint density at radius 3 is 2.59 bits per heavy atom. The highest BCUT2D eigenvalue weighted by Crippen LogP contribution is 2.37. The lowest BCUT2D eigenvalue weighted by atomic mass is 10.1. The molecule has 0 aliphatic carbocycles. The maximum atomic E-state index is 14.0. The van der Waals surface area contributed by atoms with E-state index in [4.69, 9.17) is 20.3 Å². The van der Waals surface area contributed by atoms with Crippen molar-refractivity contribution in [1.82, 2.24) is 33.7 Å². The average Bonchev–Trinajstić information content (AvgIpc) is 3.63. The molecule has 1 atom stereocenters. The van der Waals surface area contributed by atoms with Crippen molar-refractivity contribution in [2.24, 2.45) is 5.73 Å². The fraction of sp³-hybridized carbons (Fsp3) is 0.294. The zero-order valence-corrected chi connectivity index (χ0v) is 29.4. The van der Waals surface area contributed by atoms with Gasteiger partial charge in [-0.2, -0.15) is 5.10 Å².